The average molecular weight is 374 g/mol. The molecule has 7 heavy (non-hydrogen) atoms. The van der Waals surface area contributed by atoms with E-state index in [1.165, 1.54) is 0 Å². The van der Waals surface area contributed by atoms with Crippen LogP contribution in [0.2, 0.25) is 0 Å². The summed E-state index contributed by atoms with van der Waals surface area (Å²) >= 11 is 0. The smallest absolute Gasteiger partial charge is 0 e. The molecule has 0 saturated heterocycles. The van der Waals surface area contributed by atoms with Gasteiger partial charge in [-0.15, -0.1) is 0 Å². The van der Waals surface area contributed by atoms with Crippen molar-refractivity contribution in [3.05, 3.63) is 0 Å². The van der Waals surface area contributed by atoms with Gasteiger partial charge in [-0.2, -0.15) is 0 Å². The zero-order valence-electron chi connectivity index (χ0n) is 2.87. The summed E-state index contributed by atoms with van der Waals surface area (Å²) < 4.78 is 0. The minimum absolute atomic E-state index is 0. The predicted molar refractivity (Wildman–Crippen MR) is 23.2 cm³/mol. The molecule has 0 aromatic heterocycles. The fourth-order valence-corrected chi connectivity index (χ4v) is 0. The second-order valence-electron chi connectivity index (χ2n) is 0.600. The van der Waals surface area contributed by atoms with E-state index in [4.69, 9.17) is 19.2 Å². The first kappa shape index (κ1) is 16.4. The van der Waals surface area contributed by atoms with Crippen molar-refractivity contribution in [2.75, 3.05) is 0 Å². The molecule has 0 spiro atoms. The molecular weight excluding hydrogens is 368 g/mol. The maximum atomic E-state index is 7.33. The van der Waals surface area contributed by atoms with Crippen molar-refractivity contribution in [1.29, 1.82) is 0 Å². The van der Waals surface area contributed by atoms with Crippen LogP contribution in [0.1, 0.15) is 0 Å². The molecule has 0 atom stereocenters. The third-order valence-electron chi connectivity index (χ3n) is 0. The van der Waals surface area contributed by atoms with Gasteiger partial charge in [0.05, 0.1) is 0 Å². The molecular formula is H6BaLaO4Si. The monoisotopic (exact) mass is 375 g/mol. The van der Waals surface area contributed by atoms with Crippen molar-refractivity contribution in [1.82, 2.24) is 0 Å². The van der Waals surface area contributed by atoms with E-state index in [0.717, 1.165) is 0 Å². The van der Waals surface area contributed by atoms with Gasteiger partial charge in [-0.1, -0.05) is 0 Å². The molecule has 0 fully saturated rings. The second-order valence-corrected chi connectivity index (χ2v) is 1.80. The Morgan fingerprint density at radius 3 is 0.857 bits per heavy atom. The summed E-state index contributed by atoms with van der Waals surface area (Å²) in [6, 6.07) is 0. The molecule has 4 nitrogen and oxygen atoms in total. The van der Waals surface area contributed by atoms with E-state index in [-0.39, 0.29) is 84.5 Å². The van der Waals surface area contributed by atoms with Gasteiger partial charge in [0.25, 0.3) is 0 Å². The van der Waals surface area contributed by atoms with E-state index in [1.54, 1.807) is 0 Å². The number of rotatable bonds is 0. The van der Waals surface area contributed by atoms with Crippen molar-refractivity contribution >= 4 is 57.9 Å². The van der Waals surface area contributed by atoms with Gasteiger partial charge in [-0.3, -0.25) is 0 Å². The van der Waals surface area contributed by atoms with E-state index in [1.807, 2.05) is 0 Å². The normalized spacial score (nSPS) is 8.57. The van der Waals surface area contributed by atoms with Crippen LogP contribution in [-0.4, -0.2) is 77.1 Å². The van der Waals surface area contributed by atoms with Crippen LogP contribution in [0.4, 0.5) is 0 Å². The minimum atomic E-state index is -4.61. The molecule has 0 amide bonds. The minimum Gasteiger partial charge on any atom is 0 e. The van der Waals surface area contributed by atoms with Gasteiger partial charge in [0.2, 0.25) is 0 Å². The molecule has 0 bridgehead atoms. The Hall–Kier alpha value is 2.82. The topological polar surface area (TPSA) is 80.9 Å². The van der Waals surface area contributed by atoms with Crippen LogP contribution < -0.4 is 0 Å². The van der Waals surface area contributed by atoms with Gasteiger partial charge >= 0.3 is 57.9 Å². The summed E-state index contributed by atoms with van der Waals surface area (Å²) in [5.41, 5.74) is 0. The van der Waals surface area contributed by atoms with E-state index in [0.29, 0.717) is 0 Å². The number of hydrogen-bond acceptors (Lipinski definition) is 4. The number of hydrogen-bond donors (Lipinski definition) is 4. The first-order chi connectivity index (χ1) is 2.00. The van der Waals surface area contributed by atoms with Crippen LogP contribution in [-0.2, 0) is 0 Å². The molecule has 39 valence electrons. The zero-order valence-corrected chi connectivity index (χ0v) is 7.49. The fraction of sp³-hybridized carbons (Fsp3) is 0. The van der Waals surface area contributed by atoms with Gasteiger partial charge in [0, 0.05) is 35.6 Å². The van der Waals surface area contributed by atoms with Gasteiger partial charge in [-0.05, 0) is 0 Å². The molecule has 0 aromatic rings. The molecule has 0 heterocycles. The van der Waals surface area contributed by atoms with Crippen LogP contribution in [0.5, 0.6) is 0 Å². The van der Waals surface area contributed by atoms with Gasteiger partial charge in [0.1, 0.15) is 0 Å². The van der Waals surface area contributed by atoms with E-state index < -0.39 is 9.05 Å². The van der Waals surface area contributed by atoms with E-state index >= 15 is 0 Å². The Morgan fingerprint density at radius 2 is 0.857 bits per heavy atom. The Balaban J connectivity index is -0.0000000800. The van der Waals surface area contributed by atoms with E-state index in [9.17, 15) is 0 Å². The summed E-state index contributed by atoms with van der Waals surface area (Å²) in [6.07, 6.45) is 0. The standard InChI is InChI=1S/Ba.La.H4O4Si.2H/c;;1-5(2,3)4;;/h;;1-4H;;. The van der Waals surface area contributed by atoms with Crippen LogP contribution >= 0.6 is 0 Å². The van der Waals surface area contributed by atoms with Crippen molar-refractivity contribution in [2.45, 2.75) is 0 Å². The Morgan fingerprint density at radius 1 is 0.857 bits per heavy atom. The fourth-order valence-electron chi connectivity index (χ4n) is 0. The third-order valence-corrected chi connectivity index (χ3v) is 0. The van der Waals surface area contributed by atoms with Crippen molar-refractivity contribution in [3.8, 4) is 0 Å². The molecule has 7 heteroatoms. The van der Waals surface area contributed by atoms with Crippen molar-refractivity contribution in [3.63, 3.8) is 0 Å². The molecule has 1 radical (unpaired) electrons. The largest absolute Gasteiger partial charge is 0 e. The summed E-state index contributed by atoms with van der Waals surface area (Å²) in [6.45, 7) is 0. The molecule has 4 N–H and O–H groups in total. The summed E-state index contributed by atoms with van der Waals surface area (Å²) in [5.74, 6) is 0. The van der Waals surface area contributed by atoms with Gasteiger partial charge < -0.3 is 19.2 Å². The van der Waals surface area contributed by atoms with Crippen molar-refractivity contribution < 1.29 is 54.8 Å². The first-order valence-corrected chi connectivity index (χ1v) is 2.68. The SMILES string of the molecule is O[Si](O)(O)O.[BaH2].[La]. The van der Waals surface area contributed by atoms with Gasteiger partial charge in [-0.25, -0.2) is 0 Å². The van der Waals surface area contributed by atoms with Gasteiger partial charge in [0.15, 0.2) is 0 Å². The average Bonchev–Trinajstić information content (AvgIpc) is 0.722. The predicted octanol–water partition coefficient (Wildman–Crippen LogP) is -3.52. The maximum absolute atomic E-state index is 7.33. The summed E-state index contributed by atoms with van der Waals surface area (Å²) in [4.78, 5) is 29.3. The third kappa shape index (κ3) is 51.5. The Labute approximate surface area is 110 Å². The molecule has 0 aromatic carbocycles. The quantitative estimate of drug-likeness (QED) is 0.332. The Bertz CT molecular complexity index is 27.2. The first-order valence-electron chi connectivity index (χ1n) is 0.894. The summed E-state index contributed by atoms with van der Waals surface area (Å²) in [7, 11) is -4.61. The maximum Gasteiger partial charge on any atom is 0 e. The van der Waals surface area contributed by atoms with Crippen molar-refractivity contribution in [2.24, 2.45) is 0 Å². The molecule has 0 unspecified atom stereocenters. The molecule has 0 aliphatic heterocycles. The van der Waals surface area contributed by atoms with Crippen LogP contribution in [0.15, 0.2) is 0 Å². The second kappa shape index (κ2) is 6.94. The Kier molecular flexibility index (Phi) is 16.3. The zero-order chi connectivity index (χ0) is 4.50. The molecule has 0 rings (SSSR count). The van der Waals surface area contributed by atoms with Crippen LogP contribution in [0, 0.1) is 35.6 Å². The van der Waals surface area contributed by atoms with Crippen LogP contribution in [0.25, 0.3) is 0 Å². The molecule has 0 aliphatic carbocycles. The summed E-state index contributed by atoms with van der Waals surface area (Å²) in [5, 5.41) is 0. The molecule has 0 aliphatic rings. The van der Waals surface area contributed by atoms with Crippen LogP contribution in [0.3, 0.4) is 0 Å². The van der Waals surface area contributed by atoms with E-state index in [2.05, 4.69) is 0 Å². The molecule has 0 saturated carbocycles.